The highest BCUT2D eigenvalue weighted by atomic mass is 16.7. The van der Waals surface area contributed by atoms with E-state index in [4.69, 9.17) is 18.9 Å². The minimum atomic E-state index is -0.215. The quantitative estimate of drug-likeness (QED) is 0.698. The Morgan fingerprint density at radius 3 is 2.21 bits per heavy atom. The van der Waals surface area contributed by atoms with Crippen molar-refractivity contribution in [1.82, 2.24) is 4.90 Å². The van der Waals surface area contributed by atoms with Gasteiger partial charge in [0, 0.05) is 12.1 Å². The molecule has 0 bridgehead atoms. The van der Waals surface area contributed by atoms with E-state index in [1.54, 1.807) is 0 Å². The summed E-state index contributed by atoms with van der Waals surface area (Å²) in [6.45, 7) is 4.13. The molecule has 150 valence electrons. The molecule has 0 amide bonds. The van der Waals surface area contributed by atoms with Gasteiger partial charge in [-0.05, 0) is 30.4 Å². The molecule has 0 aromatic heterocycles. The lowest BCUT2D eigenvalue weighted by molar-refractivity contribution is -0.0622. The van der Waals surface area contributed by atoms with Crippen molar-refractivity contribution in [2.75, 3.05) is 26.6 Å². The van der Waals surface area contributed by atoms with Crippen LogP contribution < -0.4 is 0 Å². The third-order valence-corrected chi connectivity index (χ3v) is 5.25. The zero-order valence-electron chi connectivity index (χ0n) is 16.3. The number of rotatable bonds is 6. The Bertz CT molecular complexity index is 695. The maximum Gasteiger partial charge on any atom is 0.184 e. The molecule has 1 saturated heterocycles. The van der Waals surface area contributed by atoms with Crippen molar-refractivity contribution in [2.45, 2.75) is 44.9 Å². The van der Waals surface area contributed by atoms with Crippen LogP contribution in [-0.2, 0) is 32.2 Å². The molecular weight excluding hydrogens is 354 g/mol. The SMILES string of the molecule is c1ccc(C2OCC(CCCCN3COCc4ccccc4COC3)O2)cc1. The van der Waals surface area contributed by atoms with Gasteiger partial charge in [0.1, 0.15) is 13.5 Å². The van der Waals surface area contributed by atoms with E-state index in [-0.39, 0.29) is 12.4 Å². The van der Waals surface area contributed by atoms with Gasteiger partial charge in [0.05, 0.1) is 25.9 Å². The second-order valence-corrected chi connectivity index (χ2v) is 7.45. The van der Waals surface area contributed by atoms with Crippen molar-refractivity contribution in [1.29, 1.82) is 0 Å². The van der Waals surface area contributed by atoms with Gasteiger partial charge in [0.2, 0.25) is 0 Å². The predicted octanol–water partition coefficient (Wildman–Crippen LogP) is 4.23. The predicted molar refractivity (Wildman–Crippen MR) is 106 cm³/mol. The first-order valence-corrected chi connectivity index (χ1v) is 10.1. The third kappa shape index (κ3) is 5.40. The van der Waals surface area contributed by atoms with Crippen molar-refractivity contribution in [3.05, 3.63) is 71.3 Å². The van der Waals surface area contributed by atoms with E-state index < -0.39 is 0 Å². The van der Waals surface area contributed by atoms with Crippen molar-refractivity contribution in [3.63, 3.8) is 0 Å². The summed E-state index contributed by atoms with van der Waals surface area (Å²) in [5.41, 5.74) is 3.53. The van der Waals surface area contributed by atoms with Crippen LogP contribution in [0.5, 0.6) is 0 Å². The summed E-state index contributed by atoms with van der Waals surface area (Å²) in [7, 11) is 0. The molecule has 5 nitrogen and oxygen atoms in total. The molecule has 4 rings (SSSR count). The van der Waals surface area contributed by atoms with Gasteiger partial charge in [0.15, 0.2) is 6.29 Å². The summed E-state index contributed by atoms with van der Waals surface area (Å²) in [4.78, 5) is 2.23. The maximum atomic E-state index is 6.04. The lowest BCUT2D eigenvalue weighted by atomic mass is 10.1. The van der Waals surface area contributed by atoms with Gasteiger partial charge in [-0.3, -0.25) is 4.90 Å². The largest absolute Gasteiger partial charge is 0.361 e. The molecule has 2 heterocycles. The van der Waals surface area contributed by atoms with Crippen LogP contribution >= 0.6 is 0 Å². The Labute approximate surface area is 167 Å². The average Bonchev–Trinajstić information content (AvgIpc) is 3.24. The van der Waals surface area contributed by atoms with Crippen molar-refractivity contribution >= 4 is 0 Å². The molecule has 0 N–H and O–H groups in total. The van der Waals surface area contributed by atoms with Gasteiger partial charge in [0.25, 0.3) is 0 Å². The molecule has 2 aromatic rings. The smallest absolute Gasteiger partial charge is 0.184 e. The molecule has 28 heavy (non-hydrogen) atoms. The zero-order chi connectivity index (χ0) is 19.0. The molecule has 2 atom stereocenters. The number of hydrogen-bond donors (Lipinski definition) is 0. The summed E-state index contributed by atoms with van der Waals surface area (Å²) in [6, 6.07) is 18.5. The standard InChI is InChI=1S/C23H29NO4/c1-2-8-19(9-3-1)23-27-16-22(28-23)12-6-7-13-24-17-25-14-20-10-4-5-11-21(20)15-26-18-24/h1-5,8-11,22-23H,6-7,12-18H2. The maximum absolute atomic E-state index is 6.04. The Kier molecular flexibility index (Phi) is 7.08. The van der Waals surface area contributed by atoms with E-state index in [0.29, 0.717) is 33.3 Å². The van der Waals surface area contributed by atoms with Gasteiger partial charge in [-0.15, -0.1) is 0 Å². The van der Waals surface area contributed by atoms with Crippen molar-refractivity contribution in [2.24, 2.45) is 0 Å². The van der Waals surface area contributed by atoms with E-state index >= 15 is 0 Å². The summed E-state index contributed by atoms with van der Waals surface area (Å²) in [6.07, 6.45) is 3.18. The number of nitrogens with zero attached hydrogens (tertiary/aromatic N) is 1. The molecule has 2 aliphatic rings. The first-order chi connectivity index (χ1) is 13.9. The molecule has 2 aromatic carbocycles. The number of hydrogen-bond acceptors (Lipinski definition) is 5. The van der Waals surface area contributed by atoms with Crippen LogP contribution in [0, 0.1) is 0 Å². The summed E-state index contributed by atoms with van der Waals surface area (Å²) in [5.74, 6) is 0. The van der Waals surface area contributed by atoms with E-state index in [9.17, 15) is 0 Å². The minimum absolute atomic E-state index is 0.183. The van der Waals surface area contributed by atoms with E-state index in [0.717, 1.165) is 31.4 Å². The molecule has 0 saturated carbocycles. The monoisotopic (exact) mass is 383 g/mol. The van der Waals surface area contributed by atoms with Crippen LogP contribution in [0.1, 0.15) is 42.2 Å². The van der Waals surface area contributed by atoms with Crippen LogP contribution in [0.3, 0.4) is 0 Å². The molecule has 2 aliphatic heterocycles. The van der Waals surface area contributed by atoms with E-state index in [2.05, 4.69) is 41.3 Å². The summed E-state index contributed by atoms with van der Waals surface area (Å²) in [5, 5.41) is 0. The Balaban J connectivity index is 1.15. The van der Waals surface area contributed by atoms with Crippen LogP contribution in [0.15, 0.2) is 54.6 Å². The van der Waals surface area contributed by atoms with Crippen LogP contribution in [0.2, 0.25) is 0 Å². The average molecular weight is 383 g/mol. The molecule has 0 spiro atoms. The first-order valence-electron chi connectivity index (χ1n) is 10.1. The zero-order valence-corrected chi connectivity index (χ0v) is 16.3. The Morgan fingerprint density at radius 2 is 1.50 bits per heavy atom. The fourth-order valence-electron chi connectivity index (χ4n) is 3.67. The lowest BCUT2D eigenvalue weighted by Crippen LogP contribution is -2.29. The minimum Gasteiger partial charge on any atom is -0.361 e. The fourth-order valence-corrected chi connectivity index (χ4v) is 3.67. The molecule has 0 radical (unpaired) electrons. The Morgan fingerprint density at radius 1 is 0.821 bits per heavy atom. The normalized spacial score (nSPS) is 23.6. The van der Waals surface area contributed by atoms with Gasteiger partial charge in [-0.25, -0.2) is 0 Å². The molecule has 1 fully saturated rings. The van der Waals surface area contributed by atoms with Crippen LogP contribution in [-0.4, -0.2) is 37.6 Å². The number of ether oxygens (including phenoxy) is 4. The lowest BCUT2D eigenvalue weighted by Gasteiger charge is -2.21. The molecule has 5 heteroatoms. The number of unbranched alkanes of at least 4 members (excludes halogenated alkanes) is 1. The summed E-state index contributed by atoms with van der Waals surface area (Å²) >= 11 is 0. The van der Waals surface area contributed by atoms with Gasteiger partial charge < -0.3 is 18.9 Å². The molecular formula is C23H29NO4. The highest BCUT2D eigenvalue weighted by Crippen LogP contribution is 2.28. The second kappa shape index (κ2) is 10.1. The van der Waals surface area contributed by atoms with Crippen molar-refractivity contribution in [3.8, 4) is 0 Å². The first kappa shape index (κ1) is 19.6. The molecule has 0 aliphatic carbocycles. The number of fused-ring (bicyclic) bond motifs is 1. The fraction of sp³-hybridized carbons (Fsp3) is 0.478. The third-order valence-electron chi connectivity index (χ3n) is 5.25. The highest BCUT2D eigenvalue weighted by Gasteiger charge is 2.26. The van der Waals surface area contributed by atoms with Crippen molar-refractivity contribution < 1.29 is 18.9 Å². The molecule has 2 unspecified atom stereocenters. The van der Waals surface area contributed by atoms with Gasteiger partial charge in [-0.2, -0.15) is 0 Å². The number of benzene rings is 2. The van der Waals surface area contributed by atoms with E-state index in [1.807, 2.05) is 18.2 Å². The van der Waals surface area contributed by atoms with E-state index in [1.165, 1.54) is 11.1 Å². The second-order valence-electron chi connectivity index (χ2n) is 7.45. The van der Waals surface area contributed by atoms with Gasteiger partial charge in [-0.1, -0.05) is 54.6 Å². The van der Waals surface area contributed by atoms with Crippen LogP contribution in [0.4, 0.5) is 0 Å². The highest BCUT2D eigenvalue weighted by molar-refractivity contribution is 5.25. The summed E-state index contributed by atoms with van der Waals surface area (Å²) < 4.78 is 23.6. The van der Waals surface area contributed by atoms with Gasteiger partial charge >= 0.3 is 0 Å². The van der Waals surface area contributed by atoms with Crippen LogP contribution in [0.25, 0.3) is 0 Å². The topological polar surface area (TPSA) is 40.2 Å². The Hall–Kier alpha value is -1.76.